The van der Waals surface area contributed by atoms with Gasteiger partial charge in [0.05, 0.1) is 5.01 Å². The van der Waals surface area contributed by atoms with Crippen LogP contribution in [0.2, 0.25) is 0 Å². The molecule has 1 N–H and O–H groups in total. The Morgan fingerprint density at radius 3 is 2.84 bits per heavy atom. The normalized spacial score (nSPS) is 16.1. The van der Waals surface area contributed by atoms with Crippen LogP contribution in [0.3, 0.4) is 0 Å². The quantitative estimate of drug-likeness (QED) is 0.664. The maximum absolute atomic E-state index is 4.72. The molecule has 0 aliphatic carbocycles. The summed E-state index contributed by atoms with van der Waals surface area (Å²) in [5.41, 5.74) is 0. The fourth-order valence-corrected chi connectivity index (χ4v) is 3.09. The minimum Gasteiger partial charge on any atom is -0.357 e. The number of hydrogen-bond acceptors (Lipinski definition) is 3. The minimum absolute atomic E-state index is 0.829. The Labute approximate surface area is 120 Å². The highest BCUT2D eigenvalue weighted by atomic mass is 32.1. The molecule has 0 radical (unpaired) electrons. The largest absolute Gasteiger partial charge is 0.357 e. The molecular formula is C14H24N4S. The van der Waals surface area contributed by atoms with Gasteiger partial charge in [0.2, 0.25) is 0 Å². The van der Waals surface area contributed by atoms with Gasteiger partial charge < -0.3 is 10.2 Å². The van der Waals surface area contributed by atoms with Crippen LogP contribution in [0.1, 0.15) is 36.6 Å². The van der Waals surface area contributed by atoms with Crippen LogP contribution in [0.15, 0.2) is 11.2 Å². The Morgan fingerprint density at radius 2 is 2.21 bits per heavy atom. The van der Waals surface area contributed by atoms with Gasteiger partial charge in [-0.1, -0.05) is 6.92 Å². The number of aryl methyl sites for hydroxylation is 1. The van der Waals surface area contributed by atoms with Crippen LogP contribution in [0.25, 0.3) is 0 Å². The van der Waals surface area contributed by atoms with Crippen LogP contribution in [0, 0.1) is 0 Å². The summed E-state index contributed by atoms with van der Waals surface area (Å²) in [7, 11) is 0. The fraction of sp³-hybridized carbons (Fsp3) is 0.714. The maximum Gasteiger partial charge on any atom is 0.193 e. The monoisotopic (exact) mass is 280 g/mol. The molecule has 1 aliphatic rings. The number of hydrogen-bond donors (Lipinski definition) is 1. The predicted molar refractivity (Wildman–Crippen MR) is 82.0 cm³/mol. The molecule has 2 heterocycles. The van der Waals surface area contributed by atoms with Crippen LogP contribution >= 0.6 is 11.3 Å². The van der Waals surface area contributed by atoms with Gasteiger partial charge in [-0.05, 0) is 26.2 Å². The standard InChI is InChI=1S/C14H24N4S/c1-3-12-11-17-13(19-12)7-8-16-14(15-4-2)18-9-5-6-10-18/h11H,3-10H2,1-2H3,(H,15,16). The van der Waals surface area contributed by atoms with Crippen LogP contribution < -0.4 is 5.32 Å². The van der Waals surface area contributed by atoms with Gasteiger partial charge in [0, 0.05) is 43.7 Å². The Morgan fingerprint density at radius 1 is 1.42 bits per heavy atom. The average Bonchev–Trinajstić information content (AvgIpc) is 3.09. The molecule has 0 bridgehead atoms. The van der Waals surface area contributed by atoms with E-state index in [1.807, 2.05) is 17.5 Å². The first-order valence-electron chi connectivity index (χ1n) is 7.30. The van der Waals surface area contributed by atoms with Crippen molar-refractivity contribution >= 4 is 17.3 Å². The molecule has 0 aromatic carbocycles. The molecule has 4 nitrogen and oxygen atoms in total. The van der Waals surface area contributed by atoms with E-state index in [0.717, 1.165) is 45.0 Å². The summed E-state index contributed by atoms with van der Waals surface area (Å²) in [6.45, 7) is 8.35. The van der Waals surface area contributed by atoms with Crippen molar-refractivity contribution in [2.45, 2.75) is 39.5 Å². The molecule has 0 amide bonds. The van der Waals surface area contributed by atoms with E-state index in [0.29, 0.717) is 0 Å². The van der Waals surface area contributed by atoms with Crippen molar-refractivity contribution < 1.29 is 0 Å². The predicted octanol–water partition coefficient (Wildman–Crippen LogP) is 2.31. The van der Waals surface area contributed by atoms with Gasteiger partial charge in [-0.15, -0.1) is 11.3 Å². The first-order chi connectivity index (χ1) is 9.33. The van der Waals surface area contributed by atoms with Crippen molar-refractivity contribution in [3.63, 3.8) is 0 Å². The van der Waals surface area contributed by atoms with Crippen LogP contribution in [0.4, 0.5) is 0 Å². The van der Waals surface area contributed by atoms with Crippen molar-refractivity contribution in [3.8, 4) is 0 Å². The number of guanidine groups is 1. The molecule has 1 fully saturated rings. The summed E-state index contributed by atoms with van der Waals surface area (Å²) in [5.74, 6) is 1.08. The smallest absolute Gasteiger partial charge is 0.193 e. The molecule has 2 rings (SSSR count). The summed E-state index contributed by atoms with van der Waals surface area (Å²) in [5, 5.41) is 4.59. The Hall–Kier alpha value is -1.10. The van der Waals surface area contributed by atoms with E-state index < -0.39 is 0 Å². The van der Waals surface area contributed by atoms with Crippen molar-refractivity contribution in [2.24, 2.45) is 4.99 Å². The van der Waals surface area contributed by atoms with Gasteiger partial charge in [0.1, 0.15) is 0 Å². The van der Waals surface area contributed by atoms with E-state index in [4.69, 9.17) is 4.99 Å². The Bertz CT molecular complexity index is 407. The Balaban J connectivity index is 1.86. The molecule has 1 aromatic rings. The number of aromatic nitrogens is 1. The third-order valence-corrected chi connectivity index (χ3v) is 4.48. The maximum atomic E-state index is 4.72. The molecule has 1 saturated heterocycles. The molecule has 1 aliphatic heterocycles. The summed E-state index contributed by atoms with van der Waals surface area (Å²) in [6, 6.07) is 0. The second kappa shape index (κ2) is 7.48. The Kier molecular flexibility index (Phi) is 5.63. The lowest BCUT2D eigenvalue weighted by molar-refractivity contribution is 0.494. The number of likely N-dealkylation sites (tertiary alicyclic amines) is 1. The molecular weight excluding hydrogens is 256 g/mol. The van der Waals surface area contributed by atoms with E-state index in [2.05, 4.69) is 29.0 Å². The zero-order valence-electron chi connectivity index (χ0n) is 12.0. The third kappa shape index (κ3) is 4.20. The summed E-state index contributed by atoms with van der Waals surface area (Å²) in [6.07, 6.45) is 6.60. The lowest BCUT2D eigenvalue weighted by Crippen LogP contribution is -2.39. The summed E-state index contributed by atoms with van der Waals surface area (Å²) >= 11 is 1.82. The first-order valence-corrected chi connectivity index (χ1v) is 8.12. The highest BCUT2D eigenvalue weighted by Gasteiger charge is 2.15. The molecule has 1 aromatic heterocycles. The average molecular weight is 280 g/mol. The van der Waals surface area contributed by atoms with Crippen molar-refractivity contribution in [2.75, 3.05) is 26.2 Å². The number of rotatable bonds is 5. The molecule has 0 unspecified atom stereocenters. The SMILES string of the molecule is CCNC(=NCCc1ncc(CC)s1)N1CCCC1. The zero-order chi connectivity index (χ0) is 13.5. The fourth-order valence-electron chi connectivity index (χ4n) is 2.24. The van der Waals surface area contributed by atoms with Crippen LogP contribution in [-0.2, 0) is 12.8 Å². The second-order valence-electron chi connectivity index (χ2n) is 4.75. The van der Waals surface area contributed by atoms with Gasteiger partial charge in [0.25, 0.3) is 0 Å². The highest BCUT2D eigenvalue weighted by Crippen LogP contribution is 2.14. The van der Waals surface area contributed by atoms with Crippen LogP contribution in [-0.4, -0.2) is 42.0 Å². The molecule has 5 heteroatoms. The van der Waals surface area contributed by atoms with Crippen molar-refractivity contribution in [3.05, 3.63) is 16.1 Å². The van der Waals surface area contributed by atoms with Gasteiger partial charge in [-0.3, -0.25) is 4.99 Å². The molecule has 106 valence electrons. The highest BCUT2D eigenvalue weighted by molar-refractivity contribution is 7.11. The van der Waals surface area contributed by atoms with Gasteiger partial charge in [-0.2, -0.15) is 0 Å². The summed E-state index contributed by atoms with van der Waals surface area (Å²) in [4.78, 5) is 12.9. The topological polar surface area (TPSA) is 40.5 Å². The number of thiazole rings is 1. The molecule has 0 atom stereocenters. The van der Waals surface area contributed by atoms with Crippen molar-refractivity contribution in [1.82, 2.24) is 15.2 Å². The molecule has 0 saturated carbocycles. The van der Waals surface area contributed by atoms with E-state index in [-0.39, 0.29) is 0 Å². The van der Waals surface area contributed by atoms with Crippen molar-refractivity contribution in [1.29, 1.82) is 0 Å². The lowest BCUT2D eigenvalue weighted by atomic mass is 10.4. The summed E-state index contributed by atoms with van der Waals surface area (Å²) < 4.78 is 0. The number of aliphatic imine (C=N–C) groups is 1. The molecule has 0 spiro atoms. The lowest BCUT2D eigenvalue weighted by Gasteiger charge is -2.20. The van der Waals surface area contributed by atoms with E-state index >= 15 is 0 Å². The minimum atomic E-state index is 0.829. The molecule has 19 heavy (non-hydrogen) atoms. The van der Waals surface area contributed by atoms with E-state index in [1.165, 1.54) is 22.7 Å². The second-order valence-corrected chi connectivity index (χ2v) is 5.95. The number of nitrogens with zero attached hydrogens (tertiary/aromatic N) is 3. The van der Waals surface area contributed by atoms with E-state index in [1.54, 1.807) is 0 Å². The zero-order valence-corrected chi connectivity index (χ0v) is 12.8. The van der Waals surface area contributed by atoms with Crippen LogP contribution in [0.5, 0.6) is 0 Å². The van der Waals surface area contributed by atoms with Gasteiger partial charge in [-0.25, -0.2) is 4.98 Å². The first kappa shape index (κ1) is 14.3. The van der Waals surface area contributed by atoms with Gasteiger partial charge in [0.15, 0.2) is 5.96 Å². The number of nitrogens with one attached hydrogen (secondary N) is 1. The van der Waals surface area contributed by atoms with Gasteiger partial charge >= 0.3 is 0 Å². The third-order valence-electron chi connectivity index (χ3n) is 3.28. The van der Waals surface area contributed by atoms with E-state index in [9.17, 15) is 0 Å².